The number of rotatable bonds is 5. The van der Waals surface area contributed by atoms with Gasteiger partial charge in [-0.2, -0.15) is 0 Å². The summed E-state index contributed by atoms with van der Waals surface area (Å²) in [4.78, 5) is 0. The fourth-order valence-electron chi connectivity index (χ4n) is 0.912. The largest absolute Gasteiger partial charge is 0.395 e. The van der Waals surface area contributed by atoms with Crippen LogP contribution in [0.4, 0.5) is 0 Å². The first-order valence-electron chi connectivity index (χ1n) is 4.06. The second kappa shape index (κ2) is 4.90. The van der Waals surface area contributed by atoms with Gasteiger partial charge in [-0.1, -0.05) is 5.21 Å². The monoisotopic (exact) mass is 186 g/mol. The summed E-state index contributed by atoms with van der Waals surface area (Å²) >= 11 is 0. The maximum absolute atomic E-state index is 8.75. The van der Waals surface area contributed by atoms with Gasteiger partial charge in [0.15, 0.2) is 0 Å². The van der Waals surface area contributed by atoms with E-state index in [4.69, 9.17) is 10.2 Å². The summed E-state index contributed by atoms with van der Waals surface area (Å²) in [5.41, 5.74) is 0.786. The van der Waals surface area contributed by atoms with Gasteiger partial charge in [-0.15, -0.1) is 5.10 Å². The van der Waals surface area contributed by atoms with E-state index in [1.54, 1.807) is 17.9 Å². The van der Waals surface area contributed by atoms with Gasteiger partial charge in [0.25, 0.3) is 0 Å². The molecule has 0 spiro atoms. The topological polar surface area (TPSA) is 83.2 Å². The molecule has 0 aliphatic carbocycles. The third-order valence-corrected chi connectivity index (χ3v) is 1.66. The average Bonchev–Trinajstić information content (AvgIpc) is 2.53. The van der Waals surface area contributed by atoms with Crippen molar-refractivity contribution >= 4 is 0 Å². The van der Waals surface area contributed by atoms with E-state index < -0.39 is 0 Å². The molecule has 0 aliphatic heterocycles. The summed E-state index contributed by atoms with van der Waals surface area (Å²) in [6.45, 7) is 0.327. The average molecular weight is 186 g/mol. The van der Waals surface area contributed by atoms with Gasteiger partial charge in [-0.25, -0.2) is 0 Å². The molecule has 1 heterocycles. The molecule has 1 rings (SSSR count). The van der Waals surface area contributed by atoms with Gasteiger partial charge in [0.05, 0.1) is 24.9 Å². The fraction of sp³-hybridized carbons (Fsp3) is 0.714. The van der Waals surface area contributed by atoms with E-state index in [1.807, 2.05) is 0 Å². The Hall–Kier alpha value is -0.980. The van der Waals surface area contributed by atoms with Crippen LogP contribution in [0.1, 0.15) is 5.69 Å². The lowest BCUT2D eigenvalue weighted by Crippen LogP contribution is -2.35. The molecule has 0 aromatic carbocycles. The van der Waals surface area contributed by atoms with Gasteiger partial charge >= 0.3 is 0 Å². The number of nitrogens with one attached hydrogen (secondary N) is 1. The van der Waals surface area contributed by atoms with Crippen LogP contribution in [-0.4, -0.2) is 44.5 Å². The summed E-state index contributed by atoms with van der Waals surface area (Å²) in [5, 5.41) is 28.0. The molecule has 0 amide bonds. The molecular formula is C7H14N4O2. The predicted octanol–water partition coefficient (Wildman–Crippen LogP) is -1.74. The summed E-state index contributed by atoms with van der Waals surface area (Å²) in [5.74, 6) is 0. The van der Waals surface area contributed by atoms with Crippen LogP contribution in [-0.2, 0) is 13.6 Å². The van der Waals surface area contributed by atoms with Crippen LogP contribution >= 0.6 is 0 Å². The zero-order valence-corrected chi connectivity index (χ0v) is 7.51. The van der Waals surface area contributed by atoms with E-state index in [0.717, 1.165) is 5.69 Å². The van der Waals surface area contributed by atoms with Crippen molar-refractivity contribution in [1.29, 1.82) is 0 Å². The molecule has 3 N–H and O–H groups in total. The standard InChI is InChI=1S/C7H14N4O2/c1-11-3-6(9-10-11)2-8-7(4-12)5-13/h3,7-8,12-13H,2,4-5H2,1H3. The Kier molecular flexibility index (Phi) is 3.81. The molecule has 6 heteroatoms. The van der Waals surface area contributed by atoms with Crippen LogP contribution in [0.3, 0.4) is 0 Å². The first-order chi connectivity index (χ1) is 6.26. The molecule has 13 heavy (non-hydrogen) atoms. The lowest BCUT2D eigenvalue weighted by molar-refractivity contribution is 0.170. The van der Waals surface area contributed by atoms with Crippen LogP contribution in [0.25, 0.3) is 0 Å². The number of hydrogen-bond donors (Lipinski definition) is 3. The third kappa shape index (κ3) is 3.10. The van der Waals surface area contributed by atoms with Gasteiger partial charge < -0.3 is 15.5 Å². The van der Waals surface area contributed by atoms with E-state index in [-0.39, 0.29) is 19.3 Å². The molecule has 0 radical (unpaired) electrons. The van der Waals surface area contributed by atoms with Crippen LogP contribution < -0.4 is 5.32 Å². The molecule has 0 atom stereocenters. The first-order valence-corrected chi connectivity index (χ1v) is 4.06. The molecule has 1 aromatic rings. The number of hydrogen-bond acceptors (Lipinski definition) is 5. The molecule has 0 aliphatic rings. The molecule has 6 nitrogen and oxygen atoms in total. The molecule has 74 valence electrons. The van der Waals surface area contributed by atoms with Crippen molar-refractivity contribution in [3.05, 3.63) is 11.9 Å². The minimum absolute atomic E-state index is 0.0865. The highest BCUT2D eigenvalue weighted by atomic mass is 16.3. The fourth-order valence-corrected chi connectivity index (χ4v) is 0.912. The van der Waals surface area contributed by atoms with Crippen molar-refractivity contribution in [2.24, 2.45) is 7.05 Å². The number of nitrogens with zero attached hydrogens (tertiary/aromatic N) is 3. The zero-order chi connectivity index (χ0) is 9.68. The summed E-state index contributed by atoms with van der Waals surface area (Å²) < 4.78 is 1.60. The zero-order valence-electron chi connectivity index (χ0n) is 7.51. The van der Waals surface area contributed by atoms with Crippen LogP contribution in [0.15, 0.2) is 6.20 Å². The maximum atomic E-state index is 8.75. The van der Waals surface area contributed by atoms with Crippen LogP contribution in [0.2, 0.25) is 0 Å². The highest BCUT2D eigenvalue weighted by molar-refractivity contribution is 4.91. The third-order valence-electron chi connectivity index (χ3n) is 1.66. The highest BCUT2D eigenvalue weighted by Crippen LogP contribution is 1.91. The van der Waals surface area contributed by atoms with E-state index in [2.05, 4.69) is 15.6 Å². The second-order valence-corrected chi connectivity index (χ2v) is 2.83. The highest BCUT2D eigenvalue weighted by Gasteiger charge is 2.05. The number of aryl methyl sites for hydroxylation is 1. The quantitative estimate of drug-likeness (QED) is 0.508. The van der Waals surface area contributed by atoms with Crippen molar-refractivity contribution < 1.29 is 10.2 Å². The second-order valence-electron chi connectivity index (χ2n) is 2.83. The molecular weight excluding hydrogens is 172 g/mol. The van der Waals surface area contributed by atoms with Gasteiger partial charge in [0.2, 0.25) is 0 Å². The van der Waals surface area contributed by atoms with Crippen LogP contribution in [0.5, 0.6) is 0 Å². The first kappa shape index (κ1) is 10.1. The minimum Gasteiger partial charge on any atom is -0.395 e. The molecule has 1 aromatic heterocycles. The number of aliphatic hydroxyl groups is 2. The smallest absolute Gasteiger partial charge is 0.0964 e. The Morgan fingerprint density at radius 2 is 2.23 bits per heavy atom. The molecule has 0 fully saturated rings. The summed E-state index contributed by atoms with van der Waals surface area (Å²) in [7, 11) is 1.78. The Bertz CT molecular complexity index is 246. The van der Waals surface area contributed by atoms with Gasteiger partial charge in [0, 0.05) is 19.8 Å². The van der Waals surface area contributed by atoms with Crippen LogP contribution in [0, 0.1) is 0 Å². The van der Waals surface area contributed by atoms with E-state index in [1.165, 1.54) is 0 Å². The number of aromatic nitrogens is 3. The van der Waals surface area contributed by atoms with Gasteiger partial charge in [-0.3, -0.25) is 4.68 Å². The van der Waals surface area contributed by atoms with Crippen molar-refractivity contribution in [2.75, 3.05) is 13.2 Å². The SMILES string of the molecule is Cn1cc(CNC(CO)CO)nn1. The Morgan fingerprint density at radius 3 is 2.69 bits per heavy atom. The summed E-state index contributed by atoms with van der Waals surface area (Å²) in [6, 6.07) is -0.290. The van der Waals surface area contributed by atoms with Crippen molar-refractivity contribution in [3.8, 4) is 0 Å². The van der Waals surface area contributed by atoms with Gasteiger partial charge in [-0.05, 0) is 0 Å². The van der Waals surface area contributed by atoms with Crippen molar-refractivity contribution in [2.45, 2.75) is 12.6 Å². The molecule has 0 saturated carbocycles. The van der Waals surface area contributed by atoms with Crippen molar-refractivity contribution in [1.82, 2.24) is 20.3 Å². The molecule has 0 unspecified atom stereocenters. The summed E-state index contributed by atoms with van der Waals surface area (Å²) in [6.07, 6.45) is 1.78. The lowest BCUT2D eigenvalue weighted by Gasteiger charge is -2.10. The van der Waals surface area contributed by atoms with Crippen molar-refractivity contribution in [3.63, 3.8) is 0 Å². The number of aliphatic hydroxyl groups excluding tert-OH is 2. The minimum atomic E-state index is -0.290. The Morgan fingerprint density at radius 1 is 1.54 bits per heavy atom. The Balaban J connectivity index is 2.33. The lowest BCUT2D eigenvalue weighted by atomic mass is 10.3. The predicted molar refractivity (Wildman–Crippen MR) is 45.8 cm³/mol. The van der Waals surface area contributed by atoms with E-state index >= 15 is 0 Å². The normalized spacial score (nSPS) is 11.1. The maximum Gasteiger partial charge on any atom is 0.0964 e. The van der Waals surface area contributed by atoms with E-state index in [0.29, 0.717) is 6.54 Å². The van der Waals surface area contributed by atoms with E-state index in [9.17, 15) is 0 Å². The molecule has 0 saturated heterocycles. The van der Waals surface area contributed by atoms with Gasteiger partial charge in [0.1, 0.15) is 0 Å². The Labute approximate surface area is 76.2 Å². The molecule has 0 bridgehead atoms.